The maximum atomic E-state index is 7.57. The second-order valence-electron chi connectivity index (χ2n) is 5.41. The van der Waals surface area contributed by atoms with Crippen LogP contribution < -0.4 is 10.5 Å². The third kappa shape index (κ3) is 2.75. The van der Waals surface area contributed by atoms with E-state index >= 15 is 0 Å². The summed E-state index contributed by atoms with van der Waals surface area (Å²) in [5.74, 6) is 1.03. The molecule has 1 unspecified atom stereocenters. The van der Waals surface area contributed by atoms with Crippen molar-refractivity contribution in [3.05, 3.63) is 47.5 Å². The van der Waals surface area contributed by atoms with E-state index in [4.69, 9.17) is 20.5 Å². The van der Waals surface area contributed by atoms with Crippen molar-refractivity contribution in [3.8, 4) is 5.75 Å². The number of rotatable bonds is 4. The van der Waals surface area contributed by atoms with Gasteiger partial charge in [0.05, 0.1) is 5.25 Å². The normalized spacial score (nSPS) is 16.4. The van der Waals surface area contributed by atoms with Crippen molar-refractivity contribution in [2.75, 3.05) is 0 Å². The van der Waals surface area contributed by atoms with E-state index in [1.54, 1.807) is 11.8 Å². The van der Waals surface area contributed by atoms with E-state index in [0.29, 0.717) is 6.61 Å². The number of nitrogens with one attached hydrogen (secondary N) is 1. The van der Waals surface area contributed by atoms with Crippen LogP contribution in [-0.4, -0.2) is 21.4 Å². The van der Waals surface area contributed by atoms with Crippen molar-refractivity contribution in [2.24, 2.45) is 5.73 Å². The first-order chi connectivity index (χ1) is 11.2. The Kier molecular flexibility index (Phi) is 3.42. The molecule has 1 atom stereocenters. The second-order valence-corrected chi connectivity index (χ2v) is 6.66. The van der Waals surface area contributed by atoms with Crippen LogP contribution >= 0.6 is 11.8 Å². The zero-order valence-corrected chi connectivity index (χ0v) is 13.0. The van der Waals surface area contributed by atoms with Gasteiger partial charge in [0, 0.05) is 4.90 Å². The fourth-order valence-electron chi connectivity index (χ4n) is 2.56. The summed E-state index contributed by atoms with van der Waals surface area (Å²) in [4.78, 5) is 1.14. The molecule has 2 heterocycles. The van der Waals surface area contributed by atoms with Crippen LogP contribution in [0.3, 0.4) is 0 Å². The van der Waals surface area contributed by atoms with E-state index in [1.807, 2.05) is 36.4 Å². The van der Waals surface area contributed by atoms with Crippen LogP contribution in [0.1, 0.15) is 11.1 Å². The van der Waals surface area contributed by atoms with Crippen LogP contribution in [0.2, 0.25) is 0 Å². The van der Waals surface area contributed by atoms with E-state index in [9.17, 15) is 0 Å². The molecule has 0 aliphatic carbocycles. The van der Waals surface area contributed by atoms with Crippen LogP contribution in [-0.2, 0) is 13.0 Å². The van der Waals surface area contributed by atoms with Crippen LogP contribution in [0.4, 0.5) is 0 Å². The van der Waals surface area contributed by atoms with Gasteiger partial charge in [0.25, 0.3) is 0 Å². The smallest absolute Gasteiger partial charge is 0.135 e. The largest absolute Gasteiger partial charge is 0.489 e. The fraction of sp³-hybridized carbons (Fsp3) is 0.188. The van der Waals surface area contributed by atoms with Gasteiger partial charge in [-0.1, -0.05) is 12.1 Å². The molecule has 1 aromatic heterocycles. The lowest BCUT2D eigenvalue weighted by Gasteiger charge is -2.08. The molecule has 1 aliphatic rings. The number of nitrogens with two attached hydrogens (primary N) is 1. The summed E-state index contributed by atoms with van der Waals surface area (Å²) in [6, 6.07) is 11.7. The van der Waals surface area contributed by atoms with Gasteiger partial charge in [-0.15, -0.1) is 11.8 Å². The maximum absolute atomic E-state index is 7.57. The van der Waals surface area contributed by atoms with Crippen molar-refractivity contribution in [2.45, 2.75) is 23.2 Å². The van der Waals surface area contributed by atoms with Gasteiger partial charge < -0.3 is 10.5 Å². The summed E-state index contributed by atoms with van der Waals surface area (Å²) >= 11 is 1.62. The number of fused-ring (bicyclic) bond motifs is 2. The number of aromatic nitrogens is 2. The lowest BCUT2D eigenvalue weighted by Crippen LogP contribution is -2.24. The zero-order valence-electron chi connectivity index (χ0n) is 12.2. The SMILES string of the molecule is N=C(N)C1Cc2ccc(OCc3ccc4nonc4c3)cc2S1. The van der Waals surface area contributed by atoms with Gasteiger partial charge in [0.1, 0.15) is 29.2 Å². The van der Waals surface area contributed by atoms with E-state index in [2.05, 4.69) is 10.3 Å². The molecular formula is C16H14N4O2S. The van der Waals surface area contributed by atoms with Crippen molar-refractivity contribution >= 4 is 28.6 Å². The number of hydrogen-bond acceptors (Lipinski definition) is 6. The maximum Gasteiger partial charge on any atom is 0.135 e. The summed E-state index contributed by atoms with van der Waals surface area (Å²) in [6.07, 6.45) is 0.811. The molecule has 0 fully saturated rings. The molecule has 0 spiro atoms. The highest BCUT2D eigenvalue weighted by Gasteiger charge is 2.24. The van der Waals surface area contributed by atoms with E-state index < -0.39 is 0 Å². The monoisotopic (exact) mass is 326 g/mol. The van der Waals surface area contributed by atoms with Crippen LogP contribution in [0.25, 0.3) is 11.0 Å². The molecule has 0 amide bonds. The fourth-order valence-corrected chi connectivity index (χ4v) is 3.74. The number of amidine groups is 1. The summed E-state index contributed by atoms with van der Waals surface area (Å²) < 4.78 is 10.6. The Morgan fingerprint density at radius 2 is 2.13 bits per heavy atom. The van der Waals surface area contributed by atoms with Crippen molar-refractivity contribution < 1.29 is 9.37 Å². The molecule has 7 heteroatoms. The Morgan fingerprint density at radius 3 is 3.00 bits per heavy atom. The number of thioether (sulfide) groups is 1. The van der Waals surface area contributed by atoms with Crippen molar-refractivity contribution in [1.29, 1.82) is 5.41 Å². The van der Waals surface area contributed by atoms with Crippen LogP contribution in [0, 0.1) is 5.41 Å². The van der Waals surface area contributed by atoms with Gasteiger partial charge in [0.15, 0.2) is 0 Å². The summed E-state index contributed by atoms with van der Waals surface area (Å²) in [5, 5.41) is 15.2. The minimum Gasteiger partial charge on any atom is -0.489 e. The molecular weight excluding hydrogens is 312 g/mol. The standard InChI is InChI=1S/C16H14N4O2S/c17-16(18)15-6-10-2-3-11(7-14(10)23-15)21-8-9-1-4-12-13(5-9)20-22-19-12/h1-5,7,15H,6,8H2,(H3,17,18). The minimum absolute atomic E-state index is 0.0438. The highest BCUT2D eigenvalue weighted by Crippen LogP contribution is 2.39. The second kappa shape index (κ2) is 5.58. The van der Waals surface area contributed by atoms with Crippen LogP contribution in [0.5, 0.6) is 5.75 Å². The molecule has 1 aliphatic heterocycles. The zero-order chi connectivity index (χ0) is 15.8. The third-order valence-corrected chi connectivity index (χ3v) is 5.12. The molecule has 116 valence electrons. The number of nitrogens with zero attached hydrogens (tertiary/aromatic N) is 2. The molecule has 0 bridgehead atoms. The molecule has 0 saturated heterocycles. The van der Waals surface area contributed by atoms with Gasteiger partial charge in [-0.2, -0.15) is 0 Å². The highest BCUT2D eigenvalue weighted by molar-refractivity contribution is 8.01. The predicted molar refractivity (Wildman–Crippen MR) is 87.8 cm³/mol. The molecule has 23 heavy (non-hydrogen) atoms. The van der Waals surface area contributed by atoms with Gasteiger partial charge in [-0.05, 0) is 52.1 Å². The Morgan fingerprint density at radius 1 is 1.26 bits per heavy atom. The van der Waals surface area contributed by atoms with E-state index in [-0.39, 0.29) is 11.1 Å². The molecule has 4 rings (SSSR count). The average Bonchev–Trinajstić information content (AvgIpc) is 3.18. The Hall–Kier alpha value is -2.54. The Bertz CT molecular complexity index is 893. The summed E-state index contributed by atoms with van der Waals surface area (Å²) in [5.41, 5.74) is 9.28. The lowest BCUT2D eigenvalue weighted by molar-refractivity contribution is 0.305. The molecule has 6 nitrogen and oxygen atoms in total. The third-order valence-electron chi connectivity index (χ3n) is 3.78. The molecule has 2 aromatic carbocycles. The number of ether oxygens (including phenoxy) is 1. The number of hydrogen-bond donors (Lipinski definition) is 2. The van der Waals surface area contributed by atoms with Crippen molar-refractivity contribution in [3.63, 3.8) is 0 Å². The Labute approximate surface area is 136 Å². The van der Waals surface area contributed by atoms with Crippen LogP contribution in [0.15, 0.2) is 45.9 Å². The van der Waals surface area contributed by atoms with Gasteiger partial charge >= 0.3 is 0 Å². The van der Waals surface area contributed by atoms with Gasteiger partial charge in [0.2, 0.25) is 0 Å². The Balaban J connectivity index is 1.47. The minimum atomic E-state index is 0.0438. The highest BCUT2D eigenvalue weighted by atomic mass is 32.2. The first kappa shape index (κ1) is 14.1. The predicted octanol–water partition coefficient (Wildman–Crippen LogP) is 2.75. The molecule has 0 saturated carbocycles. The van der Waals surface area contributed by atoms with E-state index in [1.165, 1.54) is 5.56 Å². The van der Waals surface area contributed by atoms with Gasteiger partial charge in [-0.3, -0.25) is 5.41 Å². The van der Waals surface area contributed by atoms with Crippen molar-refractivity contribution in [1.82, 2.24) is 10.3 Å². The quantitative estimate of drug-likeness (QED) is 0.565. The summed E-state index contributed by atoms with van der Waals surface area (Å²) in [7, 11) is 0. The average molecular weight is 326 g/mol. The first-order valence-electron chi connectivity index (χ1n) is 7.16. The lowest BCUT2D eigenvalue weighted by atomic mass is 10.1. The molecule has 3 aromatic rings. The van der Waals surface area contributed by atoms with E-state index in [0.717, 1.165) is 33.7 Å². The molecule has 0 radical (unpaired) electrons. The molecule has 3 N–H and O–H groups in total. The number of benzene rings is 2. The van der Waals surface area contributed by atoms with Gasteiger partial charge in [-0.25, -0.2) is 4.63 Å². The first-order valence-corrected chi connectivity index (χ1v) is 8.04. The topological polar surface area (TPSA) is 98.0 Å². The summed E-state index contributed by atoms with van der Waals surface area (Å²) in [6.45, 7) is 0.447.